The lowest BCUT2D eigenvalue weighted by Crippen LogP contribution is -2.41. The van der Waals surface area contributed by atoms with Gasteiger partial charge in [0.2, 0.25) is 0 Å². The SMILES string of the molecule is CC1=C(Cc2ccc(-c3ccc(F)cc3)s2)C=C(C(O)[C@@H]2O[C@H]3OC(C)(C)O[C@H]3[C@@H]2O)CC1. The zero-order chi connectivity index (χ0) is 23.3. The summed E-state index contributed by atoms with van der Waals surface area (Å²) in [5, 5.41) is 21.8. The molecule has 1 aromatic heterocycles. The van der Waals surface area contributed by atoms with Crippen molar-refractivity contribution in [3.63, 3.8) is 0 Å². The van der Waals surface area contributed by atoms with Crippen LogP contribution in [0.2, 0.25) is 0 Å². The Balaban J connectivity index is 1.30. The number of halogens is 1. The van der Waals surface area contributed by atoms with Gasteiger partial charge in [-0.15, -0.1) is 11.3 Å². The van der Waals surface area contributed by atoms with Gasteiger partial charge in [0.25, 0.3) is 0 Å². The normalized spacial score (nSPS) is 29.8. The molecule has 7 heteroatoms. The highest BCUT2D eigenvalue weighted by atomic mass is 32.1. The smallest absolute Gasteiger partial charge is 0.190 e. The molecule has 2 fully saturated rings. The summed E-state index contributed by atoms with van der Waals surface area (Å²) in [6.45, 7) is 5.68. The second-order valence-corrected chi connectivity index (χ2v) is 10.6. The first-order valence-corrected chi connectivity index (χ1v) is 12.1. The van der Waals surface area contributed by atoms with Crippen molar-refractivity contribution >= 4 is 11.3 Å². The van der Waals surface area contributed by atoms with E-state index in [9.17, 15) is 14.6 Å². The van der Waals surface area contributed by atoms with Crippen LogP contribution in [-0.2, 0) is 20.6 Å². The minimum atomic E-state index is -0.960. The fourth-order valence-corrected chi connectivity index (χ4v) is 5.80. The molecule has 2 saturated heterocycles. The van der Waals surface area contributed by atoms with E-state index in [1.165, 1.54) is 28.2 Å². The Kier molecular flexibility index (Phi) is 6.05. The van der Waals surface area contributed by atoms with Gasteiger partial charge in [-0.05, 0) is 74.6 Å². The lowest BCUT2D eigenvalue weighted by Gasteiger charge is -2.29. The first kappa shape index (κ1) is 22.9. The molecule has 176 valence electrons. The summed E-state index contributed by atoms with van der Waals surface area (Å²) >= 11 is 1.69. The molecule has 0 amide bonds. The Hall–Kier alpha value is -1.87. The summed E-state index contributed by atoms with van der Waals surface area (Å²) < 4.78 is 30.6. The maximum atomic E-state index is 13.2. The lowest BCUT2D eigenvalue weighted by molar-refractivity contribution is -0.223. The van der Waals surface area contributed by atoms with Crippen molar-refractivity contribution in [3.05, 3.63) is 69.9 Å². The number of benzene rings is 1. The highest BCUT2D eigenvalue weighted by Crippen LogP contribution is 2.40. The van der Waals surface area contributed by atoms with Crippen molar-refractivity contribution in [3.8, 4) is 10.4 Å². The molecule has 2 aliphatic heterocycles. The molecular formula is C26H29FO5S. The number of fused-ring (bicyclic) bond motifs is 1. The van der Waals surface area contributed by atoms with Gasteiger partial charge in [0.1, 0.15) is 30.2 Å². The number of aliphatic hydroxyl groups excluding tert-OH is 2. The molecule has 2 N–H and O–H groups in total. The molecule has 2 aromatic rings. The van der Waals surface area contributed by atoms with Gasteiger partial charge in [0, 0.05) is 16.2 Å². The Morgan fingerprint density at radius 2 is 1.88 bits per heavy atom. The standard InChI is InChI=1S/C26H29FO5S/c1-14-4-5-16(21(28)23-22(29)24-25(30-23)32-26(2,3)31-24)12-17(14)13-19-10-11-20(33-19)15-6-8-18(27)9-7-15/h6-12,21-25,28-29H,4-5,13H2,1-3H3/t21?,22-,23+,24+,25+/m1/s1. The van der Waals surface area contributed by atoms with E-state index in [1.807, 2.05) is 0 Å². The third-order valence-electron chi connectivity index (χ3n) is 6.60. The van der Waals surface area contributed by atoms with Crippen LogP contribution in [0, 0.1) is 5.82 Å². The van der Waals surface area contributed by atoms with Crippen LogP contribution in [-0.4, -0.2) is 46.7 Å². The van der Waals surface area contributed by atoms with Gasteiger partial charge in [0.05, 0.1) is 0 Å². The van der Waals surface area contributed by atoms with Crippen molar-refractivity contribution in [2.75, 3.05) is 0 Å². The number of thiophene rings is 1. The minimum Gasteiger partial charge on any atom is -0.387 e. The molecule has 3 heterocycles. The van der Waals surface area contributed by atoms with E-state index in [0.29, 0.717) is 0 Å². The maximum Gasteiger partial charge on any atom is 0.190 e. The van der Waals surface area contributed by atoms with E-state index in [0.717, 1.165) is 35.3 Å². The van der Waals surface area contributed by atoms with Crippen LogP contribution >= 0.6 is 11.3 Å². The van der Waals surface area contributed by atoms with Gasteiger partial charge in [-0.2, -0.15) is 0 Å². The number of aliphatic hydroxyl groups is 2. The zero-order valence-corrected chi connectivity index (χ0v) is 19.8. The quantitative estimate of drug-likeness (QED) is 0.659. The average molecular weight is 473 g/mol. The van der Waals surface area contributed by atoms with E-state index in [2.05, 4.69) is 25.1 Å². The largest absolute Gasteiger partial charge is 0.387 e. The predicted octanol–water partition coefficient (Wildman–Crippen LogP) is 4.73. The van der Waals surface area contributed by atoms with Gasteiger partial charge in [-0.3, -0.25) is 0 Å². The summed E-state index contributed by atoms with van der Waals surface area (Å²) in [4.78, 5) is 2.30. The van der Waals surface area contributed by atoms with Crippen LogP contribution in [0.15, 0.2) is 59.2 Å². The van der Waals surface area contributed by atoms with Crippen molar-refractivity contribution < 1.29 is 28.8 Å². The molecule has 33 heavy (non-hydrogen) atoms. The molecule has 0 radical (unpaired) electrons. The topological polar surface area (TPSA) is 68.2 Å². The fourth-order valence-electron chi connectivity index (χ4n) is 4.76. The summed E-state index contributed by atoms with van der Waals surface area (Å²) in [6.07, 6.45) is 0.434. The van der Waals surface area contributed by atoms with Crippen molar-refractivity contribution in [1.29, 1.82) is 0 Å². The Morgan fingerprint density at radius 1 is 1.12 bits per heavy atom. The van der Waals surface area contributed by atoms with Crippen LogP contribution in [0.25, 0.3) is 10.4 Å². The van der Waals surface area contributed by atoms with E-state index >= 15 is 0 Å². The number of rotatable bonds is 5. The number of ether oxygens (including phenoxy) is 3. The number of allylic oxidation sites excluding steroid dienone is 3. The monoisotopic (exact) mass is 472 g/mol. The third kappa shape index (κ3) is 4.58. The molecule has 1 unspecified atom stereocenters. The van der Waals surface area contributed by atoms with E-state index in [1.54, 1.807) is 37.3 Å². The average Bonchev–Trinajstić information content (AvgIpc) is 3.44. The fraction of sp³-hybridized carbons (Fsp3) is 0.462. The Bertz CT molecular complexity index is 1090. The molecule has 5 rings (SSSR count). The maximum absolute atomic E-state index is 13.2. The van der Waals surface area contributed by atoms with Gasteiger partial charge in [-0.1, -0.05) is 23.8 Å². The van der Waals surface area contributed by atoms with Crippen molar-refractivity contribution in [2.45, 2.75) is 76.5 Å². The minimum absolute atomic E-state index is 0.239. The summed E-state index contributed by atoms with van der Waals surface area (Å²) in [5.74, 6) is -1.05. The van der Waals surface area contributed by atoms with Gasteiger partial charge in [0.15, 0.2) is 12.1 Å². The van der Waals surface area contributed by atoms with Gasteiger partial charge in [-0.25, -0.2) is 4.39 Å². The summed E-state index contributed by atoms with van der Waals surface area (Å²) in [7, 11) is 0. The molecule has 0 bridgehead atoms. The summed E-state index contributed by atoms with van der Waals surface area (Å²) in [5.41, 5.74) is 4.32. The molecule has 1 aromatic carbocycles. The number of hydrogen-bond acceptors (Lipinski definition) is 6. The van der Waals surface area contributed by atoms with Crippen LogP contribution < -0.4 is 0 Å². The molecule has 0 spiro atoms. The second kappa shape index (κ2) is 8.73. The van der Waals surface area contributed by atoms with Crippen LogP contribution in [0.4, 0.5) is 4.39 Å². The molecule has 1 aliphatic carbocycles. The van der Waals surface area contributed by atoms with Crippen LogP contribution in [0.1, 0.15) is 38.5 Å². The molecule has 5 atom stereocenters. The van der Waals surface area contributed by atoms with Crippen molar-refractivity contribution in [1.82, 2.24) is 0 Å². The van der Waals surface area contributed by atoms with E-state index < -0.39 is 36.5 Å². The van der Waals surface area contributed by atoms with E-state index in [-0.39, 0.29) is 5.82 Å². The molecular weight excluding hydrogens is 443 g/mol. The highest BCUT2D eigenvalue weighted by Gasteiger charge is 2.56. The lowest BCUT2D eigenvalue weighted by atomic mass is 9.86. The highest BCUT2D eigenvalue weighted by molar-refractivity contribution is 7.15. The van der Waals surface area contributed by atoms with Crippen LogP contribution in [0.3, 0.4) is 0 Å². The summed E-state index contributed by atoms with van der Waals surface area (Å²) in [6, 6.07) is 10.7. The van der Waals surface area contributed by atoms with Gasteiger partial charge < -0.3 is 24.4 Å². The predicted molar refractivity (Wildman–Crippen MR) is 124 cm³/mol. The Labute approximate surface area is 197 Å². The third-order valence-corrected chi connectivity index (χ3v) is 7.73. The van der Waals surface area contributed by atoms with E-state index in [4.69, 9.17) is 14.2 Å². The van der Waals surface area contributed by atoms with Crippen molar-refractivity contribution in [2.24, 2.45) is 0 Å². The first-order valence-electron chi connectivity index (χ1n) is 11.3. The molecule has 5 nitrogen and oxygen atoms in total. The first-order chi connectivity index (χ1) is 15.7. The zero-order valence-electron chi connectivity index (χ0n) is 19.0. The number of hydrogen-bond donors (Lipinski definition) is 2. The Morgan fingerprint density at radius 3 is 2.61 bits per heavy atom. The molecule has 0 saturated carbocycles. The van der Waals surface area contributed by atoms with Crippen LogP contribution in [0.5, 0.6) is 0 Å². The molecule has 3 aliphatic rings. The van der Waals surface area contributed by atoms with Gasteiger partial charge >= 0.3 is 0 Å². The second-order valence-electron chi connectivity index (χ2n) is 9.48.